The van der Waals surface area contributed by atoms with Gasteiger partial charge in [0.1, 0.15) is 0 Å². The van der Waals surface area contributed by atoms with Crippen LogP contribution in [0.3, 0.4) is 0 Å². The van der Waals surface area contributed by atoms with Crippen LogP contribution in [0.4, 0.5) is 5.69 Å². The van der Waals surface area contributed by atoms with Crippen LogP contribution in [0.25, 0.3) is 0 Å². The van der Waals surface area contributed by atoms with Crippen LogP contribution in [0, 0.1) is 0 Å². The number of anilines is 1. The van der Waals surface area contributed by atoms with Gasteiger partial charge in [-0.1, -0.05) is 6.07 Å². The lowest BCUT2D eigenvalue weighted by molar-refractivity contribution is 0.319. The molecule has 2 atom stereocenters. The molecule has 15 heavy (non-hydrogen) atoms. The minimum absolute atomic E-state index is 0.702. The van der Waals surface area contributed by atoms with Gasteiger partial charge in [0.25, 0.3) is 0 Å². The lowest BCUT2D eigenvalue weighted by Gasteiger charge is -2.38. The van der Waals surface area contributed by atoms with E-state index in [4.69, 9.17) is 5.73 Å². The maximum Gasteiger partial charge on any atom is 0.0317 e. The molecule has 80 valence electrons. The maximum atomic E-state index is 5.88. The topological polar surface area (TPSA) is 38.0 Å². The second kappa shape index (κ2) is 3.53. The molecule has 1 saturated heterocycles. The van der Waals surface area contributed by atoms with Crippen molar-refractivity contribution < 1.29 is 0 Å². The molecule has 0 saturated carbocycles. The molecule has 1 heterocycles. The molecular weight excluding hydrogens is 184 g/mol. The molecule has 0 spiro atoms. The first kappa shape index (κ1) is 9.22. The number of rotatable bonds is 0. The van der Waals surface area contributed by atoms with Crippen molar-refractivity contribution in [3.63, 3.8) is 0 Å². The van der Waals surface area contributed by atoms with Gasteiger partial charge >= 0.3 is 0 Å². The van der Waals surface area contributed by atoms with Gasteiger partial charge in [0.2, 0.25) is 0 Å². The third-order valence-electron chi connectivity index (χ3n) is 3.88. The second-order valence-electron chi connectivity index (χ2n) is 4.81. The Morgan fingerprint density at radius 1 is 1.27 bits per heavy atom. The summed E-state index contributed by atoms with van der Waals surface area (Å²) in [5.74, 6) is 0.714. The Morgan fingerprint density at radius 3 is 3.13 bits per heavy atom. The highest BCUT2D eigenvalue weighted by atomic mass is 14.9. The van der Waals surface area contributed by atoms with Crippen molar-refractivity contribution in [2.24, 2.45) is 0 Å². The van der Waals surface area contributed by atoms with Gasteiger partial charge in [-0.2, -0.15) is 0 Å². The average molecular weight is 202 g/mol. The van der Waals surface area contributed by atoms with Crippen LogP contribution < -0.4 is 11.1 Å². The zero-order valence-electron chi connectivity index (χ0n) is 9.00. The van der Waals surface area contributed by atoms with E-state index in [9.17, 15) is 0 Å². The summed E-state index contributed by atoms with van der Waals surface area (Å²) in [5.41, 5.74) is 9.83. The Kier molecular flexibility index (Phi) is 2.17. The van der Waals surface area contributed by atoms with E-state index in [1.54, 1.807) is 0 Å². The predicted molar refractivity (Wildman–Crippen MR) is 62.9 cm³/mol. The first-order valence-corrected chi connectivity index (χ1v) is 5.96. The Bertz CT molecular complexity index is 373. The minimum Gasteiger partial charge on any atom is -0.399 e. The largest absolute Gasteiger partial charge is 0.399 e. The Balaban J connectivity index is 2.01. The normalized spacial score (nSPS) is 29.3. The van der Waals surface area contributed by atoms with Gasteiger partial charge < -0.3 is 11.1 Å². The summed E-state index contributed by atoms with van der Waals surface area (Å²) in [4.78, 5) is 0. The molecule has 3 rings (SSSR count). The lowest BCUT2D eigenvalue weighted by Crippen LogP contribution is -2.42. The molecule has 3 N–H and O–H groups in total. The molecule has 1 aliphatic heterocycles. The van der Waals surface area contributed by atoms with E-state index in [0.717, 1.165) is 5.69 Å². The molecule has 1 aromatic carbocycles. The molecule has 1 aliphatic carbocycles. The first-order valence-electron chi connectivity index (χ1n) is 5.96. The van der Waals surface area contributed by atoms with Crippen molar-refractivity contribution >= 4 is 5.69 Å². The molecule has 2 heteroatoms. The fraction of sp³-hybridized carbons (Fsp3) is 0.538. The zero-order chi connectivity index (χ0) is 10.3. The van der Waals surface area contributed by atoms with Gasteiger partial charge in [0.05, 0.1) is 0 Å². The number of aryl methyl sites for hydroxylation is 1. The van der Waals surface area contributed by atoms with E-state index in [2.05, 4.69) is 17.4 Å². The summed E-state index contributed by atoms with van der Waals surface area (Å²) in [6.45, 7) is 1.19. The number of fused-ring (bicyclic) bond motifs is 3. The van der Waals surface area contributed by atoms with Crippen molar-refractivity contribution in [2.45, 2.75) is 37.6 Å². The minimum atomic E-state index is 0.702. The smallest absolute Gasteiger partial charge is 0.0317 e. The predicted octanol–water partition coefficient (Wildman–Crippen LogP) is 2.05. The van der Waals surface area contributed by atoms with E-state index in [0.29, 0.717) is 12.0 Å². The van der Waals surface area contributed by atoms with E-state index in [1.165, 1.54) is 43.4 Å². The Morgan fingerprint density at radius 2 is 2.20 bits per heavy atom. The van der Waals surface area contributed by atoms with Gasteiger partial charge in [0, 0.05) is 11.7 Å². The summed E-state index contributed by atoms with van der Waals surface area (Å²) in [6, 6.07) is 7.15. The van der Waals surface area contributed by atoms with Crippen LogP contribution in [0.5, 0.6) is 0 Å². The number of hydrogen-bond donors (Lipinski definition) is 2. The number of piperidine rings is 1. The van der Waals surface area contributed by atoms with E-state index < -0.39 is 0 Å². The molecule has 2 aliphatic rings. The van der Waals surface area contributed by atoms with Gasteiger partial charge in [-0.3, -0.25) is 0 Å². The van der Waals surface area contributed by atoms with Gasteiger partial charge in [-0.05, 0) is 61.4 Å². The molecule has 0 amide bonds. The average Bonchev–Trinajstić information content (AvgIpc) is 2.29. The molecular formula is C13H18N2. The van der Waals surface area contributed by atoms with Crippen molar-refractivity contribution in [3.8, 4) is 0 Å². The quantitative estimate of drug-likeness (QED) is 0.632. The molecule has 0 radical (unpaired) electrons. The number of nitrogens with two attached hydrogens (primary N) is 1. The summed E-state index contributed by atoms with van der Waals surface area (Å²) in [5, 5.41) is 3.64. The van der Waals surface area contributed by atoms with E-state index in [-0.39, 0.29) is 0 Å². The molecule has 1 unspecified atom stereocenters. The van der Waals surface area contributed by atoms with Crippen LogP contribution in [-0.2, 0) is 6.42 Å². The highest BCUT2D eigenvalue weighted by molar-refractivity contribution is 5.47. The van der Waals surface area contributed by atoms with Gasteiger partial charge in [-0.15, -0.1) is 0 Å². The summed E-state index contributed by atoms with van der Waals surface area (Å²) < 4.78 is 0. The van der Waals surface area contributed by atoms with E-state index >= 15 is 0 Å². The van der Waals surface area contributed by atoms with Crippen molar-refractivity contribution in [3.05, 3.63) is 29.3 Å². The number of nitrogen functional groups attached to an aromatic ring is 1. The summed E-state index contributed by atoms with van der Waals surface area (Å²) in [6.07, 6.45) is 5.13. The summed E-state index contributed by atoms with van der Waals surface area (Å²) in [7, 11) is 0. The van der Waals surface area contributed by atoms with Crippen LogP contribution in [0.15, 0.2) is 18.2 Å². The fourth-order valence-electron chi connectivity index (χ4n) is 3.13. The van der Waals surface area contributed by atoms with Crippen molar-refractivity contribution in [1.29, 1.82) is 0 Å². The van der Waals surface area contributed by atoms with Gasteiger partial charge in [0.15, 0.2) is 0 Å². The Labute approximate surface area is 90.9 Å². The van der Waals surface area contributed by atoms with Crippen LogP contribution in [-0.4, -0.2) is 12.6 Å². The van der Waals surface area contributed by atoms with Crippen molar-refractivity contribution in [2.75, 3.05) is 12.3 Å². The molecule has 0 aromatic heterocycles. The van der Waals surface area contributed by atoms with Crippen LogP contribution in [0.2, 0.25) is 0 Å². The third kappa shape index (κ3) is 1.53. The summed E-state index contributed by atoms with van der Waals surface area (Å²) >= 11 is 0. The first-order chi connectivity index (χ1) is 7.34. The van der Waals surface area contributed by atoms with Crippen LogP contribution >= 0.6 is 0 Å². The molecule has 1 aromatic rings. The highest BCUT2D eigenvalue weighted by Gasteiger charge is 2.31. The maximum absolute atomic E-state index is 5.88. The number of hydrogen-bond acceptors (Lipinski definition) is 2. The Hall–Kier alpha value is -1.02. The van der Waals surface area contributed by atoms with Crippen LogP contribution in [0.1, 0.15) is 36.3 Å². The standard InChI is InChI=1S/C13H18N2/c14-10-5-3-9-4-6-13-11(12(9)8-10)2-1-7-15-13/h3,5,8,11,13,15H,1-2,4,6-7,14H2/t11?,13-/m0/s1. The second-order valence-corrected chi connectivity index (χ2v) is 4.81. The molecule has 1 fully saturated rings. The van der Waals surface area contributed by atoms with Gasteiger partial charge in [-0.25, -0.2) is 0 Å². The number of nitrogens with one attached hydrogen (secondary N) is 1. The SMILES string of the molecule is Nc1ccc2c(c1)C1CCCN[C@H]1CC2. The molecule has 2 nitrogen and oxygen atoms in total. The van der Waals surface area contributed by atoms with Crippen molar-refractivity contribution in [1.82, 2.24) is 5.32 Å². The lowest BCUT2D eigenvalue weighted by atomic mass is 9.75. The molecule has 0 bridgehead atoms. The zero-order valence-corrected chi connectivity index (χ0v) is 9.00. The number of benzene rings is 1. The highest BCUT2D eigenvalue weighted by Crippen LogP contribution is 2.37. The monoisotopic (exact) mass is 202 g/mol. The fourth-order valence-corrected chi connectivity index (χ4v) is 3.13. The third-order valence-corrected chi connectivity index (χ3v) is 3.88. The van der Waals surface area contributed by atoms with E-state index in [1.807, 2.05) is 6.07 Å².